The van der Waals surface area contributed by atoms with Crippen molar-refractivity contribution in [3.8, 4) is 0 Å². The summed E-state index contributed by atoms with van der Waals surface area (Å²) < 4.78 is 0. The molecule has 1 saturated heterocycles. The summed E-state index contributed by atoms with van der Waals surface area (Å²) in [4.78, 5) is 2.91. The Labute approximate surface area is 106 Å². The van der Waals surface area contributed by atoms with Gasteiger partial charge in [-0.1, -0.05) is 13.8 Å². The van der Waals surface area contributed by atoms with Crippen LogP contribution in [0.4, 0.5) is 0 Å². The number of nitrogens with zero attached hydrogens (tertiary/aromatic N) is 1. The second-order valence-electron chi connectivity index (χ2n) is 7.46. The molecule has 0 radical (unpaired) electrons. The molecule has 4 bridgehead atoms. The zero-order chi connectivity index (χ0) is 11.6. The van der Waals surface area contributed by atoms with Crippen molar-refractivity contribution in [2.24, 2.45) is 29.6 Å². The average Bonchev–Trinajstić information content (AvgIpc) is 2.63. The number of likely N-dealkylation sites (tertiary alicyclic amines) is 1. The van der Waals surface area contributed by atoms with Crippen LogP contribution in [0.3, 0.4) is 0 Å². The SMILES string of the molecule is CCN1CCC(C)C12C1CC3CC(C1)CC2C3. The van der Waals surface area contributed by atoms with E-state index in [0.717, 1.165) is 29.6 Å². The molecule has 1 heterocycles. The lowest BCUT2D eigenvalue weighted by Crippen LogP contribution is -2.65. The fourth-order valence-corrected chi connectivity index (χ4v) is 6.78. The second kappa shape index (κ2) is 3.50. The van der Waals surface area contributed by atoms with E-state index in [0.29, 0.717) is 5.54 Å². The lowest BCUT2D eigenvalue weighted by Gasteiger charge is -2.64. The highest BCUT2D eigenvalue weighted by Gasteiger charge is 2.62. The largest absolute Gasteiger partial charge is 0.297 e. The van der Waals surface area contributed by atoms with E-state index in [1.807, 2.05) is 0 Å². The van der Waals surface area contributed by atoms with E-state index in [4.69, 9.17) is 0 Å². The van der Waals surface area contributed by atoms with Gasteiger partial charge in [0.15, 0.2) is 0 Å². The summed E-state index contributed by atoms with van der Waals surface area (Å²) in [5.41, 5.74) is 0.655. The molecule has 1 atom stereocenters. The molecular weight excluding hydrogens is 206 g/mol. The predicted octanol–water partition coefficient (Wildman–Crippen LogP) is 3.54. The quantitative estimate of drug-likeness (QED) is 0.669. The number of rotatable bonds is 1. The van der Waals surface area contributed by atoms with Gasteiger partial charge in [0.2, 0.25) is 0 Å². The van der Waals surface area contributed by atoms with E-state index in [1.165, 1.54) is 19.5 Å². The molecule has 0 aromatic carbocycles. The first-order chi connectivity index (χ1) is 8.25. The van der Waals surface area contributed by atoms with Gasteiger partial charge in [0.25, 0.3) is 0 Å². The minimum absolute atomic E-state index is 0.655. The standard InChI is InChI=1S/C16H27N/c1-3-17-5-4-11(2)16(17)14-7-12-6-13(9-14)10-15(16)8-12/h11-15H,3-10H2,1-2H3. The molecular formula is C16H27N. The number of hydrogen-bond acceptors (Lipinski definition) is 1. The van der Waals surface area contributed by atoms with Gasteiger partial charge in [-0.05, 0) is 81.2 Å². The first-order valence-electron chi connectivity index (χ1n) is 8.00. The van der Waals surface area contributed by atoms with Crippen LogP contribution < -0.4 is 0 Å². The molecule has 5 aliphatic rings. The molecule has 1 aliphatic heterocycles. The van der Waals surface area contributed by atoms with Gasteiger partial charge < -0.3 is 0 Å². The molecule has 5 fully saturated rings. The van der Waals surface area contributed by atoms with Crippen LogP contribution in [0.1, 0.15) is 52.4 Å². The van der Waals surface area contributed by atoms with Gasteiger partial charge in [0, 0.05) is 5.54 Å². The fourth-order valence-electron chi connectivity index (χ4n) is 6.78. The van der Waals surface area contributed by atoms with Gasteiger partial charge >= 0.3 is 0 Å². The summed E-state index contributed by atoms with van der Waals surface area (Å²) in [6.45, 7) is 7.65. The summed E-state index contributed by atoms with van der Waals surface area (Å²) in [6, 6.07) is 0. The van der Waals surface area contributed by atoms with Gasteiger partial charge in [-0.2, -0.15) is 0 Å². The molecule has 1 spiro atoms. The molecule has 1 nitrogen and oxygen atoms in total. The highest BCUT2D eigenvalue weighted by molar-refractivity contribution is 5.16. The molecule has 0 aromatic rings. The lowest BCUT2D eigenvalue weighted by molar-refractivity contribution is -0.134. The van der Waals surface area contributed by atoms with Crippen molar-refractivity contribution in [3.05, 3.63) is 0 Å². The second-order valence-corrected chi connectivity index (χ2v) is 7.46. The van der Waals surface area contributed by atoms with E-state index in [9.17, 15) is 0 Å². The van der Waals surface area contributed by atoms with Crippen molar-refractivity contribution in [2.75, 3.05) is 13.1 Å². The highest BCUT2D eigenvalue weighted by atomic mass is 15.2. The van der Waals surface area contributed by atoms with Gasteiger partial charge in [-0.3, -0.25) is 4.90 Å². The first kappa shape index (κ1) is 10.8. The minimum atomic E-state index is 0.655. The van der Waals surface area contributed by atoms with Crippen molar-refractivity contribution in [1.82, 2.24) is 4.90 Å². The Morgan fingerprint density at radius 2 is 1.59 bits per heavy atom. The van der Waals surface area contributed by atoms with E-state index in [-0.39, 0.29) is 0 Å². The van der Waals surface area contributed by atoms with Gasteiger partial charge in [0.05, 0.1) is 0 Å². The molecule has 0 amide bonds. The van der Waals surface area contributed by atoms with E-state index in [2.05, 4.69) is 18.7 Å². The third-order valence-electron chi connectivity index (χ3n) is 7.00. The maximum Gasteiger partial charge on any atom is 0.0292 e. The van der Waals surface area contributed by atoms with Crippen LogP contribution in [0, 0.1) is 29.6 Å². The van der Waals surface area contributed by atoms with Crippen molar-refractivity contribution in [1.29, 1.82) is 0 Å². The molecule has 1 unspecified atom stereocenters. The van der Waals surface area contributed by atoms with E-state index in [1.54, 1.807) is 32.1 Å². The summed E-state index contributed by atoms with van der Waals surface area (Å²) in [5, 5.41) is 0. The van der Waals surface area contributed by atoms with Crippen LogP contribution in [0.15, 0.2) is 0 Å². The van der Waals surface area contributed by atoms with E-state index >= 15 is 0 Å². The van der Waals surface area contributed by atoms with E-state index < -0.39 is 0 Å². The summed E-state index contributed by atoms with van der Waals surface area (Å²) in [6.07, 6.45) is 9.36. The summed E-state index contributed by atoms with van der Waals surface area (Å²) >= 11 is 0. The predicted molar refractivity (Wildman–Crippen MR) is 70.8 cm³/mol. The molecule has 5 rings (SSSR count). The molecule has 4 saturated carbocycles. The van der Waals surface area contributed by atoms with Gasteiger partial charge in [-0.25, -0.2) is 0 Å². The maximum atomic E-state index is 2.91. The molecule has 0 N–H and O–H groups in total. The fraction of sp³-hybridized carbons (Fsp3) is 1.00. The van der Waals surface area contributed by atoms with Crippen molar-refractivity contribution in [3.63, 3.8) is 0 Å². The van der Waals surface area contributed by atoms with Crippen molar-refractivity contribution >= 4 is 0 Å². The van der Waals surface area contributed by atoms with Crippen LogP contribution in [0.5, 0.6) is 0 Å². The molecule has 0 aromatic heterocycles. The molecule has 96 valence electrons. The highest BCUT2D eigenvalue weighted by Crippen LogP contribution is 2.64. The normalized spacial score (nSPS) is 57.2. The maximum absolute atomic E-state index is 2.91. The molecule has 17 heavy (non-hydrogen) atoms. The average molecular weight is 233 g/mol. The molecule has 1 heteroatoms. The zero-order valence-corrected chi connectivity index (χ0v) is 11.5. The first-order valence-corrected chi connectivity index (χ1v) is 8.00. The number of hydrogen-bond donors (Lipinski definition) is 0. The third-order valence-corrected chi connectivity index (χ3v) is 7.00. The Balaban J connectivity index is 1.76. The summed E-state index contributed by atoms with van der Waals surface area (Å²) in [5.74, 6) is 5.34. The van der Waals surface area contributed by atoms with Crippen molar-refractivity contribution in [2.45, 2.75) is 57.9 Å². The third kappa shape index (κ3) is 1.20. The van der Waals surface area contributed by atoms with Gasteiger partial charge in [-0.15, -0.1) is 0 Å². The van der Waals surface area contributed by atoms with Crippen LogP contribution >= 0.6 is 0 Å². The van der Waals surface area contributed by atoms with Crippen LogP contribution in [-0.4, -0.2) is 23.5 Å². The smallest absolute Gasteiger partial charge is 0.0292 e. The minimum Gasteiger partial charge on any atom is -0.297 e. The topological polar surface area (TPSA) is 3.24 Å². The summed E-state index contributed by atoms with van der Waals surface area (Å²) in [7, 11) is 0. The Hall–Kier alpha value is -0.0400. The van der Waals surface area contributed by atoms with Crippen molar-refractivity contribution < 1.29 is 0 Å². The molecule has 4 aliphatic carbocycles. The van der Waals surface area contributed by atoms with Gasteiger partial charge in [0.1, 0.15) is 0 Å². The van der Waals surface area contributed by atoms with Crippen LogP contribution in [0.25, 0.3) is 0 Å². The Morgan fingerprint density at radius 3 is 2.12 bits per heavy atom. The Bertz CT molecular complexity index is 293. The zero-order valence-electron chi connectivity index (χ0n) is 11.5. The van der Waals surface area contributed by atoms with Crippen LogP contribution in [0.2, 0.25) is 0 Å². The Kier molecular flexibility index (Phi) is 2.23. The monoisotopic (exact) mass is 233 g/mol. The van der Waals surface area contributed by atoms with Crippen LogP contribution in [-0.2, 0) is 0 Å². The lowest BCUT2D eigenvalue weighted by atomic mass is 9.46. The Morgan fingerprint density at radius 1 is 1.00 bits per heavy atom.